The van der Waals surface area contributed by atoms with Gasteiger partial charge in [-0.3, -0.25) is 4.57 Å². The molecule has 1 aliphatic rings. The zero-order valence-electron chi connectivity index (χ0n) is 12.3. The molecule has 3 heterocycles. The van der Waals surface area contributed by atoms with E-state index in [-0.39, 0.29) is 11.7 Å². The van der Waals surface area contributed by atoms with E-state index in [0.29, 0.717) is 0 Å². The smallest absolute Gasteiger partial charge is 0.326 e. The average molecular weight is 294 g/mol. The maximum Gasteiger partial charge on any atom is 0.326 e. The van der Waals surface area contributed by atoms with E-state index in [9.17, 15) is 4.79 Å². The van der Waals surface area contributed by atoms with Gasteiger partial charge in [0.15, 0.2) is 0 Å². The second-order valence-corrected chi connectivity index (χ2v) is 5.72. The van der Waals surface area contributed by atoms with Crippen LogP contribution in [0.4, 0.5) is 5.82 Å². The lowest BCUT2D eigenvalue weighted by atomic mass is 10.0. The summed E-state index contributed by atoms with van der Waals surface area (Å²) in [6.07, 6.45) is 3.74. The third-order valence-corrected chi connectivity index (χ3v) is 4.43. The lowest BCUT2D eigenvalue weighted by Crippen LogP contribution is -2.37. The van der Waals surface area contributed by atoms with Gasteiger partial charge in [0.2, 0.25) is 0 Å². The number of rotatable bonds is 2. The zero-order chi connectivity index (χ0) is 14.9. The van der Waals surface area contributed by atoms with Crippen LogP contribution in [0, 0.1) is 0 Å². The Morgan fingerprint density at radius 2 is 1.82 bits per heavy atom. The molecule has 1 N–H and O–H groups in total. The van der Waals surface area contributed by atoms with Crippen molar-refractivity contribution in [3.63, 3.8) is 0 Å². The molecule has 5 nitrogen and oxygen atoms in total. The fourth-order valence-electron chi connectivity index (χ4n) is 3.33. The van der Waals surface area contributed by atoms with Gasteiger partial charge in [-0.15, -0.1) is 0 Å². The van der Waals surface area contributed by atoms with E-state index in [4.69, 9.17) is 0 Å². The number of hydrogen-bond donors (Lipinski definition) is 1. The van der Waals surface area contributed by atoms with Crippen LogP contribution in [-0.4, -0.2) is 27.6 Å². The maximum absolute atomic E-state index is 12.3. The van der Waals surface area contributed by atoms with Gasteiger partial charge < -0.3 is 9.88 Å². The van der Waals surface area contributed by atoms with Gasteiger partial charge in [0.25, 0.3) is 0 Å². The fourth-order valence-corrected chi connectivity index (χ4v) is 3.33. The van der Waals surface area contributed by atoms with Crippen LogP contribution in [-0.2, 0) is 0 Å². The van der Waals surface area contributed by atoms with Crippen LogP contribution >= 0.6 is 0 Å². The Kier molecular flexibility index (Phi) is 3.18. The number of aromatic nitrogens is 3. The summed E-state index contributed by atoms with van der Waals surface area (Å²) in [6.45, 7) is 1.85. The number of para-hydroxylation sites is 2. The number of imidazole rings is 1. The van der Waals surface area contributed by atoms with Crippen molar-refractivity contribution in [2.75, 3.05) is 18.0 Å². The van der Waals surface area contributed by atoms with E-state index < -0.39 is 0 Å². The monoisotopic (exact) mass is 294 g/mol. The number of anilines is 1. The van der Waals surface area contributed by atoms with Crippen molar-refractivity contribution in [3.8, 4) is 0 Å². The Bertz CT molecular complexity index is 828. The molecule has 0 bridgehead atoms. The Morgan fingerprint density at radius 1 is 1.05 bits per heavy atom. The first-order chi connectivity index (χ1) is 10.8. The van der Waals surface area contributed by atoms with Crippen LogP contribution in [0.15, 0.2) is 53.5 Å². The van der Waals surface area contributed by atoms with Gasteiger partial charge in [0.05, 0.1) is 11.0 Å². The quantitative estimate of drug-likeness (QED) is 0.790. The second kappa shape index (κ2) is 5.33. The molecule has 22 heavy (non-hydrogen) atoms. The molecule has 5 heteroatoms. The van der Waals surface area contributed by atoms with E-state index >= 15 is 0 Å². The highest BCUT2D eigenvalue weighted by Crippen LogP contribution is 2.26. The topological polar surface area (TPSA) is 53.9 Å². The molecule has 0 amide bonds. The number of nitrogens with zero attached hydrogens (tertiary/aromatic N) is 3. The molecule has 0 unspecified atom stereocenters. The van der Waals surface area contributed by atoms with Crippen molar-refractivity contribution in [2.24, 2.45) is 0 Å². The number of pyridine rings is 1. The molecule has 0 radical (unpaired) electrons. The summed E-state index contributed by atoms with van der Waals surface area (Å²) in [4.78, 5) is 21.9. The summed E-state index contributed by atoms with van der Waals surface area (Å²) < 4.78 is 1.92. The number of benzene rings is 1. The highest BCUT2D eigenvalue weighted by Gasteiger charge is 2.23. The van der Waals surface area contributed by atoms with Crippen molar-refractivity contribution in [1.29, 1.82) is 0 Å². The van der Waals surface area contributed by atoms with E-state index in [1.807, 2.05) is 53.2 Å². The van der Waals surface area contributed by atoms with Crippen molar-refractivity contribution in [2.45, 2.75) is 18.9 Å². The summed E-state index contributed by atoms with van der Waals surface area (Å²) in [5, 5.41) is 0. The van der Waals surface area contributed by atoms with Gasteiger partial charge >= 0.3 is 5.69 Å². The standard InChI is InChI=1S/C17H18N4O/c22-17-19-14-5-1-2-6-15(14)21(17)13-8-11-20(12-9-13)16-7-3-4-10-18-16/h1-7,10,13H,8-9,11-12H2,(H,19,22). The normalized spacial score (nSPS) is 16.3. The molecule has 3 aromatic rings. The number of nitrogens with one attached hydrogen (secondary N) is 1. The number of piperidine rings is 1. The summed E-state index contributed by atoms with van der Waals surface area (Å²) in [6, 6.07) is 14.1. The van der Waals surface area contributed by atoms with Crippen molar-refractivity contribution >= 4 is 16.9 Å². The molecule has 1 aromatic carbocycles. The van der Waals surface area contributed by atoms with Crippen LogP contribution in [0.2, 0.25) is 0 Å². The van der Waals surface area contributed by atoms with Crippen LogP contribution in [0.3, 0.4) is 0 Å². The second-order valence-electron chi connectivity index (χ2n) is 5.72. The minimum absolute atomic E-state index is 0.00233. The highest BCUT2D eigenvalue weighted by atomic mass is 16.1. The molecule has 4 rings (SSSR count). The van der Waals surface area contributed by atoms with Crippen molar-refractivity contribution in [1.82, 2.24) is 14.5 Å². The Morgan fingerprint density at radius 3 is 2.59 bits per heavy atom. The summed E-state index contributed by atoms with van der Waals surface area (Å²) in [5.41, 5.74) is 1.92. The minimum atomic E-state index is -0.00233. The maximum atomic E-state index is 12.3. The van der Waals surface area contributed by atoms with Crippen molar-refractivity contribution < 1.29 is 0 Å². The summed E-state index contributed by atoms with van der Waals surface area (Å²) in [5.74, 6) is 1.02. The van der Waals surface area contributed by atoms with Gasteiger partial charge in [0, 0.05) is 25.3 Å². The largest absolute Gasteiger partial charge is 0.356 e. The van der Waals surface area contributed by atoms with Crippen LogP contribution < -0.4 is 10.6 Å². The molecule has 2 aromatic heterocycles. The Balaban J connectivity index is 1.58. The van der Waals surface area contributed by atoms with E-state index in [2.05, 4.69) is 14.9 Å². The molecule has 112 valence electrons. The lowest BCUT2D eigenvalue weighted by molar-refractivity contribution is 0.395. The number of hydrogen-bond acceptors (Lipinski definition) is 3. The van der Waals surface area contributed by atoms with E-state index in [1.54, 1.807) is 0 Å². The Labute approximate surface area is 128 Å². The number of H-pyrrole nitrogens is 1. The predicted octanol–water partition coefficient (Wildman–Crippen LogP) is 2.57. The summed E-state index contributed by atoms with van der Waals surface area (Å²) >= 11 is 0. The van der Waals surface area contributed by atoms with Gasteiger partial charge in [-0.25, -0.2) is 9.78 Å². The zero-order valence-corrected chi connectivity index (χ0v) is 12.3. The van der Waals surface area contributed by atoms with Crippen LogP contribution in [0.5, 0.6) is 0 Å². The first-order valence-corrected chi connectivity index (χ1v) is 7.68. The minimum Gasteiger partial charge on any atom is -0.356 e. The molecule has 0 saturated carbocycles. The predicted molar refractivity (Wildman–Crippen MR) is 87.3 cm³/mol. The highest BCUT2D eigenvalue weighted by molar-refractivity contribution is 5.75. The fraction of sp³-hybridized carbons (Fsp3) is 0.294. The number of fused-ring (bicyclic) bond motifs is 1. The molecule has 0 spiro atoms. The SMILES string of the molecule is O=c1[nH]c2ccccc2n1C1CCN(c2ccccn2)CC1. The van der Waals surface area contributed by atoms with Crippen LogP contribution in [0.1, 0.15) is 18.9 Å². The van der Waals surface area contributed by atoms with Crippen LogP contribution in [0.25, 0.3) is 11.0 Å². The molecule has 0 atom stereocenters. The average Bonchev–Trinajstić information content (AvgIpc) is 2.91. The van der Waals surface area contributed by atoms with Gasteiger partial charge in [-0.05, 0) is 37.1 Å². The van der Waals surface area contributed by atoms with Crippen molar-refractivity contribution in [3.05, 3.63) is 59.1 Å². The third-order valence-electron chi connectivity index (χ3n) is 4.43. The molecule has 1 fully saturated rings. The molecule has 0 aliphatic carbocycles. The van der Waals surface area contributed by atoms with E-state index in [0.717, 1.165) is 42.8 Å². The molecular weight excluding hydrogens is 276 g/mol. The first-order valence-electron chi connectivity index (χ1n) is 7.68. The Hall–Kier alpha value is -2.56. The third kappa shape index (κ3) is 2.19. The number of aromatic amines is 1. The van der Waals surface area contributed by atoms with Gasteiger partial charge in [-0.1, -0.05) is 18.2 Å². The molecular formula is C17H18N4O. The van der Waals surface area contributed by atoms with E-state index in [1.165, 1.54) is 0 Å². The summed E-state index contributed by atoms with van der Waals surface area (Å²) in [7, 11) is 0. The molecule has 1 saturated heterocycles. The van der Waals surface area contributed by atoms with Gasteiger partial charge in [-0.2, -0.15) is 0 Å². The molecule has 1 aliphatic heterocycles. The first kappa shape index (κ1) is 13.1. The lowest BCUT2D eigenvalue weighted by Gasteiger charge is -2.33. The van der Waals surface area contributed by atoms with Gasteiger partial charge in [0.1, 0.15) is 5.82 Å².